The molecule has 2 saturated heterocycles. The van der Waals surface area contributed by atoms with Gasteiger partial charge in [-0.25, -0.2) is 4.98 Å². The SMILES string of the molecule is CC1CCCCN1c1ccc(N2CCN(C(=O)Cn3cnc4ccccc4c3=O)CC2)nn1. The molecule has 33 heavy (non-hydrogen) atoms. The van der Waals surface area contributed by atoms with Gasteiger partial charge in [-0.2, -0.15) is 0 Å². The molecule has 2 aliphatic heterocycles. The van der Waals surface area contributed by atoms with Gasteiger partial charge in [0.1, 0.15) is 6.54 Å². The minimum Gasteiger partial charge on any atom is -0.352 e. The highest BCUT2D eigenvalue weighted by molar-refractivity contribution is 5.79. The lowest BCUT2D eigenvalue weighted by atomic mass is 10.0. The summed E-state index contributed by atoms with van der Waals surface area (Å²) in [7, 11) is 0. The Labute approximate surface area is 192 Å². The van der Waals surface area contributed by atoms with Crippen molar-refractivity contribution < 1.29 is 4.79 Å². The van der Waals surface area contributed by atoms with Crippen LogP contribution in [0.5, 0.6) is 0 Å². The first kappa shape index (κ1) is 21.4. The molecular weight excluding hydrogens is 418 g/mol. The van der Waals surface area contributed by atoms with E-state index in [4.69, 9.17) is 0 Å². The molecule has 9 heteroatoms. The minimum atomic E-state index is -0.189. The van der Waals surface area contributed by atoms with Crippen LogP contribution in [0.1, 0.15) is 26.2 Å². The molecule has 0 aliphatic carbocycles. The largest absolute Gasteiger partial charge is 0.352 e. The van der Waals surface area contributed by atoms with E-state index in [9.17, 15) is 9.59 Å². The molecule has 0 N–H and O–H groups in total. The van der Waals surface area contributed by atoms with Crippen molar-refractivity contribution in [2.45, 2.75) is 38.8 Å². The fourth-order valence-corrected chi connectivity index (χ4v) is 4.73. The molecule has 0 spiro atoms. The summed E-state index contributed by atoms with van der Waals surface area (Å²) in [5.41, 5.74) is 0.452. The summed E-state index contributed by atoms with van der Waals surface area (Å²) in [6, 6.07) is 11.8. The second-order valence-electron chi connectivity index (χ2n) is 8.85. The number of aromatic nitrogens is 4. The van der Waals surface area contributed by atoms with Crippen LogP contribution in [0.3, 0.4) is 0 Å². The molecule has 0 saturated carbocycles. The second kappa shape index (κ2) is 9.17. The number of hydrogen-bond donors (Lipinski definition) is 0. The van der Waals surface area contributed by atoms with Crippen molar-refractivity contribution in [1.82, 2.24) is 24.6 Å². The average Bonchev–Trinajstić information content (AvgIpc) is 2.86. The van der Waals surface area contributed by atoms with Gasteiger partial charge < -0.3 is 14.7 Å². The maximum atomic E-state index is 12.8. The van der Waals surface area contributed by atoms with E-state index in [1.165, 1.54) is 30.2 Å². The normalized spacial score (nSPS) is 19.2. The number of rotatable bonds is 4. The van der Waals surface area contributed by atoms with Crippen molar-refractivity contribution in [3.63, 3.8) is 0 Å². The number of amides is 1. The third kappa shape index (κ3) is 4.40. The van der Waals surface area contributed by atoms with E-state index < -0.39 is 0 Å². The Morgan fingerprint density at radius 1 is 0.970 bits per heavy atom. The zero-order valence-corrected chi connectivity index (χ0v) is 18.9. The summed E-state index contributed by atoms with van der Waals surface area (Å²) >= 11 is 0. The summed E-state index contributed by atoms with van der Waals surface area (Å²) in [5, 5.41) is 9.47. The third-order valence-corrected chi connectivity index (χ3v) is 6.73. The van der Waals surface area contributed by atoms with Crippen LogP contribution in [0.25, 0.3) is 10.9 Å². The molecule has 3 aromatic rings. The Morgan fingerprint density at radius 2 is 1.73 bits per heavy atom. The van der Waals surface area contributed by atoms with Gasteiger partial charge in [0.2, 0.25) is 5.91 Å². The molecule has 1 aromatic carbocycles. The number of fused-ring (bicyclic) bond motifs is 1. The number of piperazine rings is 1. The Balaban J connectivity index is 1.19. The molecule has 2 aliphatic rings. The Kier molecular flexibility index (Phi) is 5.93. The van der Waals surface area contributed by atoms with Crippen LogP contribution >= 0.6 is 0 Å². The maximum Gasteiger partial charge on any atom is 0.261 e. The van der Waals surface area contributed by atoms with E-state index in [0.717, 1.165) is 18.2 Å². The zero-order valence-electron chi connectivity index (χ0n) is 18.9. The number of benzene rings is 1. The molecule has 2 aromatic heterocycles. The van der Waals surface area contributed by atoms with Gasteiger partial charge in [-0.1, -0.05) is 12.1 Å². The number of carbonyl (C=O) groups is 1. The Morgan fingerprint density at radius 3 is 2.48 bits per heavy atom. The fourth-order valence-electron chi connectivity index (χ4n) is 4.73. The van der Waals surface area contributed by atoms with Crippen LogP contribution in [0, 0.1) is 0 Å². The molecule has 1 atom stereocenters. The number of carbonyl (C=O) groups excluding carboxylic acids is 1. The van der Waals surface area contributed by atoms with Gasteiger partial charge >= 0.3 is 0 Å². The summed E-state index contributed by atoms with van der Waals surface area (Å²) in [6.45, 7) is 5.82. The van der Waals surface area contributed by atoms with Crippen LogP contribution in [0.4, 0.5) is 11.6 Å². The van der Waals surface area contributed by atoms with Crippen molar-refractivity contribution in [3.8, 4) is 0 Å². The molecule has 5 rings (SSSR count). The Hall–Kier alpha value is -3.49. The zero-order chi connectivity index (χ0) is 22.8. The summed E-state index contributed by atoms with van der Waals surface area (Å²) in [4.78, 5) is 36.1. The van der Waals surface area contributed by atoms with Crippen molar-refractivity contribution in [1.29, 1.82) is 0 Å². The molecular formula is C24H29N7O2. The first-order chi connectivity index (χ1) is 16.1. The monoisotopic (exact) mass is 447 g/mol. The number of para-hydroxylation sites is 1. The van der Waals surface area contributed by atoms with Crippen molar-refractivity contribution in [2.75, 3.05) is 42.5 Å². The first-order valence-electron chi connectivity index (χ1n) is 11.7. The van der Waals surface area contributed by atoms with Gasteiger partial charge in [0, 0.05) is 38.8 Å². The van der Waals surface area contributed by atoms with Gasteiger partial charge in [0.15, 0.2) is 11.6 Å². The highest BCUT2D eigenvalue weighted by Crippen LogP contribution is 2.23. The van der Waals surface area contributed by atoms with Gasteiger partial charge in [-0.05, 0) is 50.5 Å². The first-order valence-corrected chi connectivity index (χ1v) is 11.7. The van der Waals surface area contributed by atoms with E-state index in [0.29, 0.717) is 43.1 Å². The van der Waals surface area contributed by atoms with Crippen LogP contribution < -0.4 is 15.4 Å². The lowest BCUT2D eigenvalue weighted by Crippen LogP contribution is -2.50. The molecule has 1 amide bonds. The lowest BCUT2D eigenvalue weighted by molar-refractivity contribution is -0.132. The standard InChI is InChI=1S/C24H29N7O2/c1-18-6-4-5-11-31(18)22-10-9-21(26-27-22)28-12-14-29(15-13-28)23(32)16-30-17-25-20-8-3-2-7-19(20)24(30)33/h2-3,7-10,17-18H,4-6,11-16H2,1H3. The van der Waals surface area contributed by atoms with Crippen molar-refractivity contribution >= 4 is 28.4 Å². The highest BCUT2D eigenvalue weighted by atomic mass is 16.2. The molecule has 172 valence electrons. The third-order valence-electron chi connectivity index (χ3n) is 6.73. The van der Waals surface area contributed by atoms with Gasteiger partial charge in [0.05, 0.1) is 17.2 Å². The van der Waals surface area contributed by atoms with Gasteiger partial charge in [-0.15, -0.1) is 10.2 Å². The van der Waals surface area contributed by atoms with Crippen molar-refractivity contribution in [3.05, 3.63) is 53.1 Å². The van der Waals surface area contributed by atoms with Crippen LogP contribution in [0.15, 0.2) is 47.5 Å². The lowest BCUT2D eigenvalue weighted by Gasteiger charge is -2.36. The van der Waals surface area contributed by atoms with E-state index in [1.807, 2.05) is 12.1 Å². The summed E-state index contributed by atoms with van der Waals surface area (Å²) in [5.74, 6) is 1.70. The van der Waals surface area contributed by atoms with E-state index in [2.05, 4.69) is 38.0 Å². The van der Waals surface area contributed by atoms with Gasteiger partial charge in [-0.3, -0.25) is 14.2 Å². The fraction of sp³-hybridized carbons (Fsp3) is 0.458. The second-order valence-corrected chi connectivity index (χ2v) is 8.85. The summed E-state index contributed by atoms with van der Waals surface area (Å²) in [6.07, 6.45) is 5.13. The van der Waals surface area contributed by atoms with Crippen LogP contribution in [-0.4, -0.2) is 69.3 Å². The van der Waals surface area contributed by atoms with Crippen LogP contribution in [-0.2, 0) is 11.3 Å². The topological polar surface area (TPSA) is 87.5 Å². The molecule has 9 nitrogen and oxygen atoms in total. The van der Waals surface area contributed by atoms with E-state index >= 15 is 0 Å². The molecule has 0 bridgehead atoms. The van der Waals surface area contributed by atoms with Gasteiger partial charge in [0.25, 0.3) is 5.56 Å². The predicted octanol–water partition coefficient (Wildman–Crippen LogP) is 1.91. The maximum absolute atomic E-state index is 12.8. The molecule has 4 heterocycles. The van der Waals surface area contributed by atoms with Crippen LogP contribution in [0.2, 0.25) is 0 Å². The number of anilines is 2. The van der Waals surface area contributed by atoms with E-state index in [1.54, 1.807) is 23.1 Å². The van der Waals surface area contributed by atoms with Crippen molar-refractivity contribution in [2.24, 2.45) is 0 Å². The smallest absolute Gasteiger partial charge is 0.261 e. The highest BCUT2D eigenvalue weighted by Gasteiger charge is 2.24. The average molecular weight is 448 g/mol. The predicted molar refractivity (Wildman–Crippen MR) is 127 cm³/mol. The quantitative estimate of drug-likeness (QED) is 0.604. The Bertz CT molecular complexity index is 1190. The minimum absolute atomic E-state index is 0.000804. The molecule has 2 fully saturated rings. The number of hydrogen-bond acceptors (Lipinski definition) is 7. The number of nitrogens with zero attached hydrogens (tertiary/aromatic N) is 7. The number of piperidine rings is 1. The molecule has 1 unspecified atom stereocenters. The van der Waals surface area contributed by atoms with E-state index in [-0.39, 0.29) is 18.0 Å². The summed E-state index contributed by atoms with van der Waals surface area (Å²) < 4.78 is 1.39. The molecule has 0 radical (unpaired) electrons.